The summed E-state index contributed by atoms with van der Waals surface area (Å²) in [6.07, 6.45) is 2.46. The van der Waals surface area contributed by atoms with Gasteiger partial charge in [-0.1, -0.05) is 0 Å². The van der Waals surface area contributed by atoms with Crippen molar-refractivity contribution in [3.8, 4) is 0 Å². The second-order valence-corrected chi connectivity index (χ2v) is 6.11. The van der Waals surface area contributed by atoms with E-state index in [0.29, 0.717) is 5.56 Å². The number of carboxylic acids is 1. The number of benzene rings is 1. The predicted molar refractivity (Wildman–Crippen MR) is 80.3 cm³/mol. The lowest BCUT2D eigenvalue weighted by atomic mass is 10.2. The summed E-state index contributed by atoms with van der Waals surface area (Å²) in [4.78, 5) is 13.3. The Hall–Kier alpha value is -0.0500. The van der Waals surface area contributed by atoms with E-state index in [2.05, 4.69) is 50.1 Å². The third-order valence-corrected chi connectivity index (χ3v) is 4.33. The molecule has 3 nitrogen and oxygen atoms in total. The third kappa shape index (κ3) is 2.44. The number of aromatic carboxylic acids is 1. The zero-order valence-corrected chi connectivity index (χ0v) is 12.9. The molecule has 1 aliphatic heterocycles. The lowest BCUT2D eigenvalue weighted by Gasteiger charge is -2.21. The molecular weight excluding hydrogens is 432 g/mol. The first-order chi connectivity index (χ1) is 7.59. The van der Waals surface area contributed by atoms with Gasteiger partial charge in [0.25, 0.3) is 0 Å². The third-order valence-electron chi connectivity index (χ3n) is 2.69. The monoisotopic (exact) mass is 443 g/mol. The first-order valence-electron chi connectivity index (χ1n) is 5.07. The van der Waals surface area contributed by atoms with Crippen LogP contribution in [0.5, 0.6) is 0 Å². The average Bonchev–Trinajstić information content (AvgIpc) is 2.69. The second kappa shape index (κ2) is 5.07. The molecule has 0 bridgehead atoms. The van der Waals surface area contributed by atoms with Crippen molar-refractivity contribution < 1.29 is 9.90 Å². The van der Waals surface area contributed by atoms with E-state index in [4.69, 9.17) is 5.11 Å². The number of anilines is 1. The fraction of sp³-hybridized carbons (Fsp3) is 0.364. The Morgan fingerprint density at radius 2 is 1.69 bits per heavy atom. The van der Waals surface area contributed by atoms with Gasteiger partial charge in [0.15, 0.2) is 0 Å². The Morgan fingerprint density at radius 1 is 1.19 bits per heavy atom. The van der Waals surface area contributed by atoms with E-state index in [1.165, 1.54) is 18.5 Å². The zero-order valence-electron chi connectivity index (χ0n) is 8.54. The Balaban J connectivity index is 2.42. The molecule has 1 aromatic rings. The van der Waals surface area contributed by atoms with Gasteiger partial charge in [0.2, 0.25) is 0 Å². The summed E-state index contributed by atoms with van der Waals surface area (Å²) in [6.45, 7) is 2.16. The summed E-state index contributed by atoms with van der Waals surface area (Å²) in [5.74, 6) is -0.858. The predicted octanol–water partition coefficient (Wildman–Crippen LogP) is 3.19. The molecule has 0 atom stereocenters. The molecule has 0 aromatic heterocycles. The van der Waals surface area contributed by atoms with Crippen molar-refractivity contribution in [3.05, 3.63) is 24.8 Å². The molecule has 2 rings (SSSR count). The standard InChI is InChI=1S/C11H11I2NO2/c12-8-5-7(11(15)16)6-9(13)10(8)14-3-1-2-4-14/h5-6H,1-4H2,(H,15,16). The van der Waals surface area contributed by atoms with Crippen LogP contribution in [-0.2, 0) is 0 Å². The van der Waals surface area contributed by atoms with Crippen molar-refractivity contribution in [3.63, 3.8) is 0 Å². The van der Waals surface area contributed by atoms with E-state index in [9.17, 15) is 4.79 Å². The summed E-state index contributed by atoms with van der Waals surface area (Å²) < 4.78 is 2.06. The van der Waals surface area contributed by atoms with Gasteiger partial charge in [0.05, 0.1) is 11.3 Å². The van der Waals surface area contributed by atoms with Gasteiger partial charge in [0.1, 0.15) is 0 Å². The van der Waals surface area contributed by atoms with Crippen molar-refractivity contribution in [2.24, 2.45) is 0 Å². The number of nitrogens with zero attached hydrogens (tertiary/aromatic N) is 1. The molecule has 0 saturated carbocycles. The maximum Gasteiger partial charge on any atom is 0.335 e. The molecule has 1 saturated heterocycles. The molecule has 1 aromatic carbocycles. The largest absolute Gasteiger partial charge is 0.478 e. The van der Waals surface area contributed by atoms with Crippen molar-refractivity contribution in [1.29, 1.82) is 0 Å². The molecule has 5 heteroatoms. The van der Waals surface area contributed by atoms with Crippen molar-refractivity contribution >= 4 is 56.8 Å². The quantitative estimate of drug-likeness (QED) is 0.715. The molecule has 0 spiro atoms. The summed E-state index contributed by atoms with van der Waals surface area (Å²) >= 11 is 4.45. The molecule has 0 aliphatic carbocycles. The lowest BCUT2D eigenvalue weighted by Crippen LogP contribution is -2.20. The number of hydrogen-bond donors (Lipinski definition) is 1. The second-order valence-electron chi connectivity index (χ2n) is 3.79. The summed E-state index contributed by atoms with van der Waals surface area (Å²) in [5, 5.41) is 8.97. The van der Waals surface area contributed by atoms with Crippen molar-refractivity contribution in [2.45, 2.75) is 12.8 Å². The van der Waals surface area contributed by atoms with E-state index >= 15 is 0 Å². The molecule has 1 aliphatic rings. The number of halogens is 2. The Bertz CT molecular complexity index is 405. The maximum atomic E-state index is 10.9. The van der Waals surface area contributed by atoms with E-state index < -0.39 is 5.97 Å². The Kier molecular flexibility index (Phi) is 3.93. The van der Waals surface area contributed by atoms with Crippen LogP contribution in [0.4, 0.5) is 5.69 Å². The minimum Gasteiger partial charge on any atom is -0.478 e. The van der Waals surface area contributed by atoms with E-state index in [1.54, 1.807) is 12.1 Å². The molecule has 86 valence electrons. The highest BCUT2D eigenvalue weighted by molar-refractivity contribution is 14.1. The number of hydrogen-bond acceptors (Lipinski definition) is 2. The van der Waals surface area contributed by atoms with Gasteiger partial charge < -0.3 is 10.0 Å². The van der Waals surface area contributed by atoms with Crippen LogP contribution in [0.1, 0.15) is 23.2 Å². The molecular formula is C11H11I2NO2. The van der Waals surface area contributed by atoms with E-state index in [1.807, 2.05) is 0 Å². The number of rotatable bonds is 2. The SMILES string of the molecule is O=C(O)c1cc(I)c(N2CCCC2)c(I)c1. The molecule has 0 unspecified atom stereocenters. The van der Waals surface area contributed by atoms with Gasteiger partial charge in [-0.2, -0.15) is 0 Å². The van der Waals surface area contributed by atoms with Crippen molar-refractivity contribution in [1.82, 2.24) is 0 Å². The average molecular weight is 443 g/mol. The smallest absolute Gasteiger partial charge is 0.335 e. The van der Waals surface area contributed by atoms with Gasteiger partial charge in [-0.15, -0.1) is 0 Å². The summed E-state index contributed by atoms with van der Waals surface area (Å²) in [6, 6.07) is 3.50. The molecule has 0 radical (unpaired) electrons. The molecule has 16 heavy (non-hydrogen) atoms. The van der Waals surface area contributed by atoms with Gasteiger partial charge in [-0.05, 0) is 70.2 Å². The normalized spacial score (nSPS) is 15.5. The van der Waals surface area contributed by atoms with Gasteiger partial charge in [-0.25, -0.2) is 4.79 Å². The van der Waals surface area contributed by atoms with Gasteiger partial charge in [0, 0.05) is 20.2 Å². The van der Waals surface area contributed by atoms with Crippen LogP contribution in [0, 0.1) is 7.14 Å². The molecule has 0 amide bonds. The summed E-state index contributed by atoms with van der Waals surface area (Å²) in [5.41, 5.74) is 1.57. The fourth-order valence-corrected chi connectivity index (χ4v) is 4.38. The first-order valence-corrected chi connectivity index (χ1v) is 7.22. The highest BCUT2D eigenvalue weighted by Crippen LogP contribution is 2.32. The van der Waals surface area contributed by atoms with Crippen LogP contribution in [0.25, 0.3) is 0 Å². The van der Waals surface area contributed by atoms with Crippen LogP contribution in [0.15, 0.2) is 12.1 Å². The van der Waals surface area contributed by atoms with Crippen LogP contribution < -0.4 is 4.90 Å². The van der Waals surface area contributed by atoms with Crippen LogP contribution >= 0.6 is 45.2 Å². The van der Waals surface area contributed by atoms with Crippen LogP contribution in [-0.4, -0.2) is 24.2 Å². The minimum absolute atomic E-state index is 0.372. The molecule has 1 heterocycles. The number of carbonyl (C=O) groups is 1. The van der Waals surface area contributed by atoms with Crippen molar-refractivity contribution in [2.75, 3.05) is 18.0 Å². The van der Waals surface area contributed by atoms with Crippen LogP contribution in [0.3, 0.4) is 0 Å². The fourth-order valence-electron chi connectivity index (χ4n) is 1.93. The Morgan fingerprint density at radius 3 is 2.12 bits per heavy atom. The van der Waals surface area contributed by atoms with Crippen LogP contribution in [0.2, 0.25) is 0 Å². The highest BCUT2D eigenvalue weighted by atomic mass is 127. The first kappa shape index (κ1) is 12.4. The number of carboxylic acid groups (broad SMARTS) is 1. The lowest BCUT2D eigenvalue weighted by molar-refractivity contribution is 0.0696. The van der Waals surface area contributed by atoms with E-state index in [-0.39, 0.29) is 0 Å². The topological polar surface area (TPSA) is 40.5 Å². The van der Waals surface area contributed by atoms with Gasteiger partial charge >= 0.3 is 5.97 Å². The Labute approximate surface area is 121 Å². The molecule has 1 fully saturated rings. The van der Waals surface area contributed by atoms with Gasteiger partial charge in [-0.3, -0.25) is 0 Å². The highest BCUT2D eigenvalue weighted by Gasteiger charge is 2.19. The zero-order chi connectivity index (χ0) is 11.7. The van der Waals surface area contributed by atoms with E-state index in [0.717, 1.165) is 20.2 Å². The maximum absolute atomic E-state index is 10.9. The molecule has 1 N–H and O–H groups in total. The summed E-state index contributed by atoms with van der Waals surface area (Å²) in [7, 11) is 0. The minimum atomic E-state index is -0.858.